The van der Waals surface area contributed by atoms with Crippen molar-refractivity contribution in [2.45, 2.75) is 6.92 Å². The van der Waals surface area contributed by atoms with Crippen LogP contribution < -0.4 is 0 Å². The molecular formula is C14H10N3. The van der Waals surface area contributed by atoms with Crippen molar-refractivity contribution < 1.29 is 0 Å². The van der Waals surface area contributed by atoms with Gasteiger partial charge in [0.15, 0.2) is 0 Å². The van der Waals surface area contributed by atoms with E-state index in [0.29, 0.717) is 0 Å². The van der Waals surface area contributed by atoms with Gasteiger partial charge in [-0.25, -0.2) is 4.98 Å². The van der Waals surface area contributed by atoms with Crippen molar-refractivity contribution in [1.29, 1.82) is 0 Å². The zero-order chi connectivity index (χ0) is 11.7. The van der Waals surface area contributed by atoms with Gasteiger partial charge >= 0.3 is 0 Å². The average Bonchev–Trinajstić information content (AvgIpc) is 2.39. The predicted molar refractivity (Wildman–Crippen MR) is 66.3 cm³/mol. The molecule has 0 N–H and O–H groups in total. The molecule has 0 aliphatic heterocycles. The molecule has 3 aromatic heterocycles. The Labute approximate surface area is 99.2 Å². The molecule has 3 heteroatoms. The first kappa shape index (κ1) is 9.90. The lowest BCUT2D eigenvalue weighted by Gasteiger charge is -2.04. The Bertz CT molecular complexity index is 677. The molecule has 0 aliphatic rings. The number of fused-ring (bicyclic) bond motifs is 1. The van der Waals surface area contributed by atoms with Crippen LogP contribution in [0.5, 0.6) is 0 Å². The van der Waals surface area contributed by atoms with Gasteiger partial charge in [-0.15, -0.1) is 0 Å². The van der Waals surface area contributed by atoms with Crippen LogP contribution in [0.2, 0.25) is 0 Å². The summed E-state index contributed by atoms with van der Waals surface area (Å²) in [6.45, 7) is 2.03. The van der Waals surface area contributed by atoms with Crippen molar-refractivity contribution >= 4 is 10.9 Å². The van der Waals surface area contributed by atoms with Gasteiger partial charge in [0, 0.05) is 17.8 Å². The lowest BCUT2D eigenvalue weighted by molar-refractivity contribution is 1.21. The number of nitrogens with zero attached hydrogens (tertiary/aromatic N) is 3. The van der Waals surface area contributed by atoms with E-state index < -0.39 is 0 Å². The number of rotatable bonds is 1. The third-order valence-corrected chi connectivity index (χ3v) is 2.67. The maximum absolute atomic E-state index is 4.35. The van der Waals surface area contributed by atoms with E-state index in [9.17, 15) is 0 Å². The number of aromatic nitrogens is 3. The molecule has 3 aromatic rings. The smallest absolute Gasteiger partial charge is 0.118 e. The molecule has 0 aromatic carbocycles. The first-order valence-electron chi connectivity index (χ1n) is 5.40. The highest BCUT2D eigenvalue weighted by molar-refractivity contribution is 5.81. The quantitative estimate of drug-likeness (QED) is 0.633. The van der Waals surface area contributed by atoms with Gasteiger partial charge < -0.3 is 0 Å². The molecule has 81 valence electrons. The maximum Gasteiger partial charge on any atom is 0.118 e. The van der Waals surface area contributed by atoms with Crippen LogP contribution in [0.15, 0.2) is 42.7 Å². The summed E-state index contributed by atoms with van der Waals surface area (Å²) < 4.78 is 0. The fourth-order valence-corrected chi connectivity index (χ4v) is 1.80. The second-order valence-corrected chi connectivity index (χ2v) is 3.86. The monoisotopic (exact) mass is 220 g/mol. The Kier molecular flexibility index (Phi) is 2.29. The summed E-state index contributed by atoms with van der Waals surface area (Å²) in [5.74, 6) is 0. The van der Waals surface area contributed by atoms with Crippen LogP contribution in [0.4, 0.5) is 0 Å². The Morgan fingerprint density at radius 2 is 1.88 bits per heavy atom. The topological polar surface area (TPSA) is 38.7 Å². The highest BCUT2D eigenvalue weighted by atomic mass is 14.8. The average molecular weight is 220 g/mol. The number of pyridine rings is 3. The second kappa shape index (κ2) is 3.94. The molecule has 0 amide bonds. The van der Waals surface area contributed by atoms with Gasteiger partial charge in [0.05, 0.1) is 16.9 Å². The zero-order valence-corrected chi connectivity index (χ0v) is 9.38. The van der Waals surface area contributed by atoms with Gasteiger partial charge in [-0.05, 0) is 30.7 Å². The van der Waals surface area contributed by atoms with Crippen molar-refractivity contribution in [3.63, 3.8) is 0 Å². The fraction of sp³-hybridized carbons (Fsp3) is 0.0714. The number of hydrogen-bond donors (Lipinski definition) is 0. The molecule has 17 heavy (non-hydrogen) atoms. The van der Waals surface area contributed by atoms with Crippen LogP contribution in [0.25, 0.3) is 22.3 Å². The third-order valence-electron chi connectivity index (χ3n) is 2.67. The van der Waals surface area contributed by atoms with Gasteiger partial charge in [-0.3, -0.25) is 9.97 Å². The van der Waals surface area contributed by atoms with E-state index in [4.69, 9.17) is 0 Å². The van der Waals surface area contributed by atoms with Crippen LogP contribution in [0.1, 0.15) is 5.56 Å². The summed E-state index contributed by atoms with van der Waals surface area (Å²) in [5, 5.41) is 1.03. The van der Waals surface area contributed by atoms with Crippen molar-refractivity contribution in [3.8, 4) is 11.4 Å². The molecule has 0 fully saturated rings. The van der Waals surface area contributed by atoms with E-state index in [0.717, 1.165) is 27.9 Å². The van der Waals surface area contributed by atoms with Crippen molar-refractivity contribution in [2.24, 2.45) is 0 Å². The molecule has 0 aliphatic carbocycles. The molecular weight excluding hydrogens is 210 g/mol. The Balaban J connectivity index is 2.22. The first-order valence-corrected chi connectivity index (χ1v) is 5.40. The van der Waals surface area contributed by atoms with Gasteiger partial charge in [-0.2, -0.15) is 0 Å². The van der Waals surface area contributed by atoms with Gasteiger partial charge in [-0.1, -0.05) is 12.1 Å². The minimum absolute atomic E-state index is 0.782. The van der Waals surface area contributed by atoms with Crippen LogP contribution in [0.3, 0.4) is 0 Å². The second-order valence-electron chi connectivity index (χ2n) is 3.86. The summed E-state index contributed by atoms with van der Waals surface area (Å²) in [7, 11) is 0. The molecule has 0 spiro atoms. The number of aryl methyl sites for hydroxylation is 1. The number of hydrogen-bond acceptors (Lipinski definition) is 3. The standard InChI is InChI=1S/C14H10N3/c1-10-4-2-7-16-14(10)12-8-11-5-3-6-15-13(11)9-17-12/h2-8H,1H3. The van der Waals surface area contributed by atoms with Gasteiger partial charge in [0.1, 0.15) is 6.20 Å². The summed E-state index contributed by atoms with van der Waals surface area (Å²) in [5.41, 5.74) is 3.62. The van der Waals surface area contributed by atoms with E-state index in [2.05, 4.69) is 21.1 Å². The van der Waals surface area contributed by atoms with E-state index in [1.807, 2.05) is 37.3 Å². The fourth-order valence-electron chi connectivity index (χ4n) is 1.80. The van der Waals surface area contributed by atoms with Crippen LogP contribution in [0, 0.1) is 13.1 Å². The molecule has 0 saturated carbocycles. The first-order chi connectivity index (χ1) is 8.34. The zero-order valence-electron chi connectivity index (χ0n) is 9.38. The van der Waals surface area contributed by atoms with Crippen LogP contribution >= 0.6 is 0 Å². The van der Waals surface area contributed by atoms with Gasteiger partial charge in [0.25, 0.3) is 0 Å². The van der Waals surface area contributed by atoms with E-state index >= 15 is 0 Å². The van der Waals surface area contributed by atoms with Crippen molar-refractivity contribution in [3.05, 3.63) is 54.5 Å². The molecule has 0 atom stereocenters. The molecule has 3 heterocycles. The minimum Gasteiger partial charge on any atom is -0.254 e. The summed E-state index contributed by atoms with van der Waals surface area (Å²) in [4.78, 5) is 12.8. The molecule has 0 unspecified atom stereocenters. The summed E-state index contributed by atoms with van der Waals surface area (Å²) >= 11 is 0. The third kappa shape index (κ3) is 1.76. The van der Waals surface area contributed by atoms with Crippen molar-refractivity contribution in [1.82, 2.24) is 15.0 Å². The summed E-state index contributed by atoms with van der Waals surface area (Å²) in [6.07, 6.45) is 6.46. The maximum atomic E-state index is 4.35. The Morgan fingerprint density at radius 3 is 2.76 bits per heavy atom. The Morgan fingerprint density at radius 1 is 1.06 bits per heavy atom. The van der Waals surface area contributed by atoms with Crippen LogP contribution in [-0.2, 0) is 0 Å². The molecule has 3 rings (SSSR count). The van der Waals surface area contributed by atoms with Crippen LogP contribution in [-0.4, -0.2) is 15.0 Å². The normalized spacial score (nSPS) is 10.6. The molecule has 0 saturated heterocycles. The SMILES string of the molecule is Cc1cccnc1-c1cc2cccnc2[c]n1. The van der Waals surface area contributed by atoms with E-state index in [1.165, 1.54) is 0 Å². The summed E-state index contributed by atoms with van der Waals surface area (Å²) in [6, 6.07) is 9.85. The Hall–Kier alpha value is -2.29. The van der Waals surface area contributed by atoms with E-state index in [-0.39, 0.29) is 0 Å². The predicted octanol–water partition coefficient (Wildman–Crippen LogP) is 2.80. The highest BCUT2D eigenvalue weighted by Crippen LogP contribution is 2.21. The minimum atomic E-state index is 0.782. The van der Waals surface area contributed by atoms with E-state index in [1.54, 1.807) is 12.4 Å². The largest absolute Gasteiger partial charge is 0.254 e. The molecule has 0 bridgehead atoms. The lowest BCUT2D eigenvalue weighted by atomic mass is 10.1. The highest BCUT2D eigenvalue weighted by Gasteiger charge is 2.05. The van der Waals surface area contributed by atoms with Crippen molar-refractivity contribution in [2.75, 3.05) is 0 Å². The van der Waals surface area contributed by atoms with Gasteiger partial charge in [0.2, 0.25) is 0 Å². The molecule has 3 nitrogen and oxygen atoms in total. The lowest BCUT2D eigenvalue weighted by Crippen LogP contribution is -1.91. The molecule has 1 radical (unpaired) electrons.